The Morgan fingerprint density at radius 1 is 1.41 bits per heavy atom. The quantitative estimate of drug-likeness (QED) is 0.505. The molecule has 0 spiro atoms. The molecule has 0 aromatic rings. The van der Waals surface area contributed by atoms with Gasteiger partial charge in [0.15, 0.2) is 6.23 Å². The van der Waals surface area contributed by atoms with Crippen LogP contribution >= 0.6 is 0 Å². The van der Waals surface area contributed by atoms with E-state index < -0.39 is 0 Å². The largest absolute Gasteiger partial charge is 0.370 e. The van der Waals surface area contributed by atoms with E-state index in [0.29, 0.717) is 13.0 Å². The zero-order valence-electron chi connectivity index (χ0n) is 11.2. The highest BCUT2D eigenvalue weighted by Crippen LogP contribution is 2.19. The Hall–Kier alpha value is -0.630. The monoisotopic (exact) mass is 241 g/mol. The van der Waals surface area contributed by atoms with Crippen LogP contribution in [0.25, 0.3) is 0 Å². The molecule has 1 unspecified atom stereocenters. The van der Waals surface area contributed by atoms with Gasteiger partial charge in [0.1, 0.15) is 13.1 Å². The van der Waals surface area contributed by atoms with Crippen molar-refractivity contribution in [1.29, 1.82) is 5.26 Å². The number of ether oxygens (including phenoxy) is 2. The minimum absolute atomic E-state index is 0.179. The molecule has 1 aliphatic rings. The Bertz CT molecular complexity index is 244. The van der Waals surface area contributed by atoms with Crippen molar-refractivity contribution >= 4 is 0 Å². The first-order valence-electron chi connectivity index (χ1n) is 6.67. The van der Waals surface area contributed by atoms with Crippen LogP contribution in [0.5, 0.6) is 0 Å². The highest BCUT2D eigenvalue weighted by atomic mass is 16.5. The number of unbranched alkanes of at least 4 members (excludes halogenated alkanes) is 1. The number of nitrogens with zero attached hydrogens (tertiary/aromatic N) is 2. The van der Waals surface area contributed by atoms with E-state index >= 15 is 0 Å². The Labute approximate surface area is 105 Å². The maximum absolute atomic E-state index is 8.54. The Morgan fingerprint density at radius 2 is 2.12 bits per heavy atom. The lowest BCUT2D eigenvalue weighted by molar-refractivity contribution is -0.976. The number of hydrogen-bond acceptors (Lipinski definition) is 3. The first-order chi connectivity index (χ1) is 8.25. The van der Waals surface area contributed by atoms with Gasteiger partial charge in [-0.15, -0.1) is 0 Å². The van der Waals surface area contributed by atoms with Crippen LogP contribution in [0.1, 0.15) is 33.1 Å². The van der Waals surface area contributed by atoms with Gasteiger partial charge in [-0.1, -0.05) is 13.3 Å². The van der Waals surface area contributed by atoms with E-state index in [1.165, 1.54) is 12.8 Å². The summed E-state index contributed by atoms with van der Waals surface area (Å²) in [7, 11) is 0. The van der Waals surface area contributed by atoms with Crippen molar-refractivity contribution in [3.63, 3.8) is 0 Å². The third kappa shape index (κ3) is 4.27. The smallest absolute Gasteiger partial charge is 0.190 e. The highest BCUT2D eigenvalue weighted by Gasteiger charge is 2.36. The topological polar surface area (TPSA) is 42.2 Å². The van der Waals surface area contributed by atoms with E-state index in [0.717, 1.165) is 37.3 Å². The van der Waals surface area contributed by atoms with E-state index in [1.54, 1.807) is 0 Å². The summed E-state index contributed by atoms with van der Waals surface area (Å²) < 4.78 is 12.3. The van der Waals surface area contributed by atoms with Gasteiger partial charge in [-0.25, -0.2) is 0 Å². The molecule has 0 aromatic carbocycles. The van der Waals surface area contributed by atoms with E-state index in [4.69, 9.17) is 14.7 Å². The molecule has 1 fully saturated rings. The van der Waals surface area contributed by atoms with Crippen LogP contribution in [-0.4, -0.2) is 50.2 Å². The van der Waals surface area contributed by atoms with Crippen LogP contribution in [0.15, 0.2) is 0 Å². The molecule has 1 aliphatic heterocycles. The van der Waals surface area contributed by atoms with E-state index in [9.17, 15) is 0 Å². The van der Waals surface area contributed by atoms with Crippen LogP contribution in [0.2, 0.25) is 0 Å². The van der Waals surface area contributed by atoms with Gasteiger partial charge in [-0.05, 0) is 6.42 Å². The SMILES string of the molecule is CCCC[N+]1(C(C)OCCC#N)CCOCC1. The van der Waals surface area contributed by atoms with Gasteiger partial charge in [0.2, 0.25) is 0 Å². The molecule has 17 heavy (non-hydrogen) atoms. The molecule has 1 saturated heterocycles. The second kappa shape index (κ2) is 7.65. The molecule has 1 atom stereocenters. The number of rotatable bonds is 7. The average molecular weight is 241 g/mol. The third-order valence-electron chi connectivity index (χ3n) is 3.66. The Morgan fingerprint density at radius 3 is 2.71 bits per heavy atom. The van der Waals surface area contributed by atoms with Crippen molar-refractivity contribution in [3.05, 3.63) is 0 Å². The van der Waals surface area contributed by atoms with Crippen molar-refractivity contribution in [2.24, 2.45) is 0 Å². The van der Waals surface area contributed by atoms with Gasteiger partial charge in [0.05, 0.1) is 38.9 Å². The minimum atomic E-state index is 0.179. The van der Waals surface area contributed by atoms with Gasteiger partial charge in [-0.2, -0.15) is 5.26 Å². The van der Waals surface area contributed by atoms with Crippen molar-refractivity contribution in [2.45, 2.75) is 39.3 Å². The Balaban J connectivity index is 2.51. The normalized spacial score (nSPS) is 20.8. The number of hydrogen-bond donors (Lipinski definition) is 0. The summed E-state index contributed by atoms with van der Waals surface area (Å²) in [6.07, 6.45) is 3.10. The highest BCUT2D eigenvalue weighted by molar-refractivity contribution is 4.67. The lowest BCUT2D eigenvalue weighted by atomic mass is 10.2. The van der Waals surface area contributed by atoms with E-state index in [1.807, 2.05) is 0 Å². The van der Waals surface area contributed by atoms with Crippen molar-refractivity contribution in [1.82, 2.24) is 0 Å². The van der Waals surface area contributed by atoms with Crippen molar-refractivity contribution in [2.75, 3.05) is 39.5 Å². The third-order valence-corrected chi connectivity index (χ3v) is 3.66. The summed E-state index contributed by atoms with van der Waals surface area (Å²) in [6, 6.07) is 2.13. The summed E-state index contributed by atoms with van der Waals surface area (Å²) in [5.41, 5.74) is 0. The molecule has 4 heteroatoms. The molecule has 0 aromatic heterocycles. The summed E-state index contributed by atoms with van der Waals surface area (Å²) in [6.45, 7) is 9.79. The maximum Gasteiger partial charge on any atom is 0.190 e. The van der Waals surface area contributed by atoms with E-state index in [-0.39, 0.29) is 6.23 Å². The zero-order valence-corrected chi connectivity index (χ0v) is 11.2. The first-order valence-corrected chi connectivity index (χ1v) is 6.67. The Kier molecular flexibility index (Phi) is 6.49. The zero-order chi connectivity index (χ0) is 12.6. The molecular weight excluding hydrogens is 216 g/mol. The van der Waals surface area contributed by atoms with Gasteiger partial charge >= 0.3 is 0 Å². The predicted molar refractivity (Wildman–Crippen MR) is 66.2 cm³/mol. The van der Waals surface area contributed by atoms with Gasteiger partial charge < -0.3 is 9.47 Å². The standard InChI is InChI=1S/C13H25N2O2/c1-3-4-7-15(8-11-16-12-9-15)13(2)17-10-5-6-14/h13H,3-5,7-12H2,1-2H3/q+1. The van der Waals surface area contributed by atoms with Crippen LogP contribution in [0.3, 0.4) is 0 Å². The number of nitriles is 1. The van der Waals surface area contributed by atoms with E-state index in [2.05, 4.69) is 19.9 Å². The molecule has 0 N–H and O–H groups in total. The molecule has 4 nitrogen and oxygen atoms in total. The van der Waals surface area contributed by atoms with Crippen LogP contribution in [0, 0.1) is 11.3 Å². The summed E-state index contributed by atoms with van der Waals surface area (Å²) in [4.78, 5) is 0. The molecular formula is C13H25N2O2+. The molecule has 0 saturated carbocycles. The molecule has 0 aliphatic carbocycles. The minimum Gasteiger partial charge on any atom is -0.370 e. The molecule has 1 heterocycles. The van der Waals surface area contributed by atoms with Crippen molar-refractivity contribution < 1.29 is 14.0 Å². The fraction of sp³-hybridized carbons (Fsp3) is 0.923. The predicted octanol–water partition coefficient (Wildman–Crippen LogP) is 1.91. The number of quaternary nitrogens is 1. The van der Waals surface area contributed by atoms with Gasteiger partial charge in [0, 0.05) is 6.92 Å². The molecule has 1 rings (SSSR count). The van der Waals surface area contributed by atoms with Crippen LogP contribution in [-0.2, 0) is 9.47 Å². The molecule has 0 bridgehead atoms. The molecule has 0 amide bonds. The fourth-order valence-corrected chi connectivity index (χ4v) is 2.38. The van der Waals surface area contributed by atoms with Gasteiger partial charge in [-0.3, -0.25) is 4.48 Å². The maximum atomic E-state index is 8.54. The first kappa shape index (κ1) is 14.4. The molecule has 98 valence electrons. The average Bonchev–Trinajstić information content (AvgIpc) is 2.37. The van der Waals surface area contributed by atoms with Crippen LogP contribution < -0.4 is 0 Å². The lowest BCUT2D eigenvalue weighted by Gasteiger charge is -2.45. The summed E-state index contributed by atoms with van der Waals surface area (Å²) in [5, 5.41) is 8.54. The summed E-state index contributed by atoms with van der Waals surface area (Å²) in [5.74, 6) is 0. The van der Waals surface area contributed by atoms with Gasteiger partial charge in [0.25, 0.3) is 0 Å². The number of morpholine rings is 1. The second-order valence-corrected chi connectivity index (χ2v) is 4.73. The fourth-order valence-electron chi connectivity index (χ4n) is 2.38. The van der Waals surface area contributed by atoms with Crippen molar-refractivity contribution in [3.8, 4) is 6.07 Å². The second-order valence-electron chi connectivity index (χ2n) is 4.73. The summed E-state index contributed by atoms with van der Waals surface area (Å²) >= 11 is 0. The lowest BCUT2D eigenvalue weighted by Crippen LogP contribution is -2.61. The molecule has 0 radical (unpaired) electrons. The van der Waals surface area contributed by atoms with Crippen LogP contribution in [0.4, 0.5) is 0 Å².